The molecule has 5 nitrogen and oxygen atoms in total. The largest absolute Gasteiger partial charge is 0.311 e. The van der Waals surface area contributed by atoms with Crippen molar-refractivity contribution < 1.29 is 13.2 Å². The Labute approximate surface area is 129 Å². The zero-order valence-electron chi connectivity index (χ0n) is 11.8. The molecule has 1 aliphatic rings. The molecular formula is C16H16N2O3S. The fraction of sp³-hybridized carbons (Fsp3) is 0.188. The second-order valence-corrected chi connectivity index (χ2v) is 6.89. The van der Waals surface area contributed by atoms with Crippen molar-refractivity contribution >= 4 is 21.6 Å². The number of benzene rings is 2. The van der Waals surface area contributed by atoms with Crippen LogP contribution in [-0.4, -0.2) is 26.9 Å². The van der Waals surface area contributed by atoms with Crippen LogP contribution >= 0.6 is 0 Å². The number of hydrogen-bond acceptors (Lipinski definition) is 3. The first-order chi connectivity index (χ1) is 10.6. The molecule has 6 heteroatoms. The highest BCUT2D eigenvalue weighted by Gasteiger charge is 2.33. The Bertz CT molecular complexity index is 760. The van der Waals surface area contributed by atoms with E-state index in [2.05, 4.69) is 4.72 Å². The van der Waals surface area contributed by atoms with Gasteiger partial charge in [-0.3, -0.25) is 4.79 Å². The molecule has 2 aromatic carbocycles. The third-order valence-corrected chi connectivity index (χ3v) is 5.10. The molecule has 1 N–H and O–H groups in total. The van der Waals surface area contributed by atoms with E-state index in [0.29, 0.717) is 6.54 Å². The molecule has 1 saturated heterocycles. The smallest absolute Gasteiger partial charge is 0.240 e. The van der Waals surface area contributed by atoms with Crippen molar-refractivity contribution in [3.05, 3.63) is 60.7 Å². The molecule has 114 valence electrons. The van der Waals surface area contributed by atoms with Gasteiger partial charge in [0.2, 0.25) is 15.9 Å². The Hall–Kier alpha value is -2.18. The van der Waals surface area contributed by atoms with Gasteiger partial charge in [0.15, 0.2) is 0 Å². The number of hydrogen-bond donors (Lipinski definition) is 1. The standard InChI is InChI=1S/C16H16N2O3S/c19-16-11-13(12-18(16)14-7-3-1-4-8-14)17-22(20,21)15-9-5-2-6-10-15/h1-10,13,17H,11-12H2/t13-/m0/s1. The Balaban J connectivity index is 1.74. The summed E-state index contributed by atoms with van der Waals surface area (Å²) in [6.07, 6.45) is 0.168. The van der Waals surface area contributed by atoms with Gasteiger partial charge in [-0.05, 0) is 24.3 Å². The molecule has 1 atom stereocenters. The van der Waals surface area contributed by atoms with E-state index in [-0.39, 0.29) is 17.2 Å². The number of para-hydroxylation sites is 1. The van der Waals surface area contributed by atoms with Gasteiger partial charge in [0.05, 0.1) is 4.90 Å². The first-order valence-corrected chi connectivity index (χ1v) is 8.47. The van der Waals surface area contributed by atoms with Crippen LogP contribution in [0.5, 0.6) is 0 Å². The lowest BCUT2D eigenvalue weighted by atomic mass is 10.3. The molecule has 0 aromatic heterocycles. The van der Waals surface area contributed by atoms with Gasteiger partial charge in [-0.2, -0.15) is 0 Å². The van der Waals surface area contributed by atoms with E-state index in [1.165, 1.54) is 12.1 Å². The number of carbonyl (C=O) groups excluding carboxylic acids is 1. The molecule has 0 spiro atoms. The van der Waals surface area contributed by atoms with E-state index in [9.17, 15) is 13.2 Å². The van der Waals surface area contributed by atoms with Crippen LogP contribution in [0.1, 0.15) is 6.42 Å². The normalized spacial score (nSPS) is 18.6. The summed E-state index contributed by atoms with van der Waals surface area (Å²) >= 11 is 0. The van der Waals surface area contributed by atoms with Crippen molar-refractivity contribution in [3.63, 3.8) is 0 Å². The minimum atomic E-state index is -3.60. The number of nitrogens with one attached hydrogen (secondary N) is 1. The molecule has 3 rings (SSSR count). The van der Waals surface area contributed by atoms with Gasteiger partial charge in [0.1, 0.15) is 0 Å². The van der Waals surface area contributed by atoms with Crippen LogP contribution in [0.25, 0.3) is 0 Å². The summed E-state index contributed by atoms with van der Waals surface area (Å²) in [7, 11) is -3.60. The molecule has 1 fully saturated rings. The predicted molar refractivity (Wildman–Crippen MR) is 84.0 cm³/mol. The fourth-order valence-electron chi connectivity index (χ4n) is 2.53. The molecule has 0 bridgehead atoms. The van der Waals surface area contributed by atoms with E-state index in [4.69, 9.17) is 0 Å². The van der Waals surface area contributed by atoms with Crippen molar-refractivity contribution in [3.8, 4) is 0 Å². The van der Waals surface area contributed by atoms with Crippen LogP contribution in [0, 0.1) is 0 Å². The highest BCUT2D eigenvalue weighted by molar-refractivity contribution is 7.89. The maximum atomic E-state index is 12.3. The summed E-state index contributed by atoms with van der Waals surface area (Å²) in [4.78, 5) is 13.9. The van der Waals surface area contributed by atoms with Crippen LogP contribution in [0.3, 0.4) is 0 Å². The Kier molecular flexibility index (Phi) is 3.96. The average molecular weight is 316 g/mol. The lowest BCUT2D eigenvalue weighted by molar-refractivity contribution is -0.117. The second-order valence-electron chi connectivity index (χ2n) is 5.18. The Morgan fingerprint density at radius 1 is 0.955 bits per heavy atom. The molecule has 1 amide bonds. The number of amides is 1. The first-order valence-electron chi connectivity index (χ1n) is 6.99. The summed E-state index contributed by atoms with van der Waals surface area (Å²) in [5.74, 6) is -0.0769. The van der Waals surface area contributed by atoms with Crippen molar-refractivity contribution in [2.75, 3.05) is 11.4 Å². The zero-order chi connectivity index (χ0) is 15.6. The van der Waals surface area contributed by atoms with E-state index < -0.39 is 16.1 Å². The maximum Gasteiger partial charge on any atom is 0.240 e. The van der Waals surface area contributed by atoms with Crippen LogP contribution in [0.15, 0.2) is 65.6 Å². The summed E-state index contributed by atoms with van der Waals surface area (Å²) in [5, 5.41) is 0. The maximum absolute atomic E-state index is 12.3. The first kappa shape index (κ1) is 14.7. The number of nitrogens with zero attached hydrogens (tertiary/aromatic N) is 1. The lowest BCUT2D eigenvalue weighted by Gasteiger charge is -2.17. The van der Waals surface area contributed by atoms with Crippen molar-refractivity contribution in [2.45, 2.75) is 17.4 Å². The highest BCUT2D eigenvalue weighted by atomic mass is 32.2. The Morgan fingerprint density at radius 3 is 2.18 bits per heavy atom. The van der Waals surface area contributed by atoms with Crippen LogP contribution in [0.4, 0.5) is 5.69 Å². The topological polar surface area (TPSA) is 66.5 Å². The summed E-state index contributed by atoms with van der Waals surface area (Å²) < 4.78 is 27.2. The zero-order valence-corrected chi connectivity index (χ0v) is 12.7. The highest BCUT2D eigenvalue weighted by Crippen LogP contribution is 2.22. The van der Waals surface area contributed by atoms with Gasteiger partial charge in [0.25, 0.3) is 0 Å². The van der Waals surface area contributed by atoms with E-state index >= 15 is 0 Å². The van der Waals surface area contributed by atoms with Crippen molar-refractivity contribution in [2.24, 2.45) is 0 Å². The molecule has 0 radical (unpaired) electrons. The quantitative estimate of drug-likeness (QED) is 0.935. The number of rotatable bonds is 4. The van der Waals surface area contributed by atoms with Crippen LogP contribution < -0.4 is 9.62 Å². The molecule has 0 unspecified atom stereocenters. The Morgan fingerprint density at radius 2 is 1.55 bits per heavy atom. The van der Waals surface area contributed by atoms with Crippen LogP contribution in [0.2, 0.25) is 0 Å². The molecule has 2 aromatic rings. The third kappa shape index (κ3) is 3.03. The minimum Gasteiger partial charge on any atom is -0.311 e. The van der Waals surface area contributed by atoms with Gasteiger partial charge < -0.3 is 4.90 Å². The van der Waals surface area contributed by atoms with Gasteiger partial charge in [-0.15, -0.1) is 0 Å². The fourth-order valence-corrected chi connectivity index (χ4v) is 3.78. The second kappa shape index (κ2) is 5.90. The molecule has 1 heterocycles. The van der Waals surface area contributed by atoms with Gasteiger partial charge in [-0.25, -0.2) is 13.1 Å². The molecule has 0 aliphatic carbocycles. The average Bonchev–Trinajstić information content (AvgIpc) is 2.89. The summed E-state index contributed by atoms with van der Waals surface area (Å²) in [6.45, 7) is 0.342. The summed E-state index contributed by atoms with van der Waals surface area (Å²) in [5.41, 5.74) is 0.786. The predicted octanol–water partition coefficient (Wildman–Crippen LogP) is 1.77. The minimum absolute atomic E-state index is 0.0769. The molecule has 1 aliphatic heterocycles. The number of carbonyl (C=O) groups is 1. The number of sulfonamides is 1. The SMILES string of the molecule is O=C1C[C@H](NS(=O)(=O)c2ccccc2)CN1c1ccccc1. The van der Waals surface area contributed by atoms with Gasteiger partial charge in [-0.1, -0.05) is 36.4 Å². The third-order valence-electron chi connectivity index (χ3n) is 3.57. The molecule has 0 saturated carbocycles. The van der Waals surface area contributed by atoms with Crippen LogP contribution in [-0.2, 0) is 14.8 Å². The van der Waals surface area contributed by atoms with Crippen molar-refractivity contribution in [1.29, 1.82) is 0 Å². The van der Waals surface area contributed by atoms with E-state index in [0.717, 1.165) is 5.69 Å². The lowest BCUT2D eigenvalue weighted by Crippen LogP contribution is -2.37. The monoisotopic (exact) mass is 316 g/mol. The van der Waals surface area contributed by atoms with Crippen molar-refractivity contribution in [1.82, 2.24) is 4.72 Å². The van der Waals surface area contributed by atoms with E-state index in [1.807, 2.05) is 30.3 Å². The molecular weight excluding hydrogens is 300 g/mol. The summed E-state index contributed by atoms with van der Waals surface area (Å²) in [6, 6.07) is 17.0. The van der Waals surface area contributed by atoms with Gasteiger partial charge in [0, 0.05) is 24.7 Å². The molecule has 22 heavy (non-hydrogen) atoms. The van der Waals surface area contributed by atoms with E-state index in [1.54, 1.807) is 23.1 Å². The van der Waals surface area contributed by atoms with Gasteiger partial charge >= 0.3 is 0 Å². The number of anilines is 1.